The van der Waals surface area contributed by atoms with Crippen LogP contribution in [-0.4, -0.2) is 180 Å². The van der Waals surface area contributed by atoms with E-state index in [1.54, 1.807) is 41.5 Å². The molecule has 1 fully saturated rings. The summed E-state index contributed by atoms with van der Waals surface area (Å²) in [4.78, 5) is 155. The molecule has 0 unspecified atom stereocenters. The molecule has 0 radical (unpaired) electrons. The standard InChI is InChI=1S/C53H95N11O12/c1-18-32(11)41-53(76)63(16)44(31(9)10)49(72)57-34(13)46(69)54-23-20-38(66)59-37(27-29(5)6)52(75)64(17)45(33(12)19-2)50(73)61-42(35(14)65)47(70)55-24-21-39(67)58-36(26-28(3)4)51(74)62(15)43(30(7)8)48(71)56-25-22-40(68)60-41/h28-37,41-45,65H,18-27H2,1-17H3,(H,54,69)(H,55,70)(H,56,71)(H,57,72)(H,58,67)(H,59,66)(H,60,68)(H,61,73)/t32-,33-,34+,35+,36+,37+,41+,42-,43-,44+,45+/m0/s1. The Hall–Kier alpha value is -5.87. The largest absolute Gasteiger partial charge is 0.391 e. The molecule has 0 aromatic carbocycles. The molecule has 1 aliphatic rings. The van der Waals surface area contributed by atoms with Gasteiger partial charge in [-0.2, -0.15) is 0 Å². The van der Waals surface area contributed by atoms with E-state index in [0.717, 1.165) is 0 Å². The first-order valence-corrected chi connectivity index (χ1v) is 27.1. The summed E-state index contributed by atoms with van der Waals surface area (Å²) >= 11 is 0. The van der Waals surface area contributed by atoms with Gasteiger partial charge in [0.05, 0.1) is 6.10 Å². The van der Waals surface area contributed by atoms with Gasteiger partial charge in [0.1, 0.15) is 48.3 Å². The van der Waals surface area contributed by atoms with Crippen LogP contribution in [0.15, 0.2) is 0 Å². The number of carbonyl (C=O) groups excluding carboxylic acids is 11. The average molecular weight is 1080 g/mol. The number of amides is 11. The molecular weight excluding hydrogens is 983 g/mol. The molecule has 1 heterocycles. The van der Waals surface area contributed by atoms with Crippen LogP contribution in [0, 0.1) is 35.5 Å². The third-order valence-corrected chi connectivity index (χ3v) is 13.8. The Morgan fingerprint density at radius 3 is 1.22 bits per heavy atom. The summed E-state index contributed by atoms with van der Waals surface area (Å²) in [6.45, 7) is 23.7. The predicted octanol–water partition coefficient (Wildman–Crippen LogP) is 0.321. The van der Waals surface area contributed by atoms with Crippen molar-refractivity contribution in [2.75, 3.05) is 40.8 Å². The van der Waals surface area contributed by atoms with E-state index in [2.05, 4.69) is 42.5 Å². The third-order valence-electron chi connectivity index (χ3n) is 13.8. The minimum Gasteiger partial charge on any atom is -0.391 e. The van der Waals surface area contributed by atoms with Crippen LogP contribution in [0.2, 0.25) is 0 Å². The lowest BCUT2D eigenvalue weighted by Gasteiger charge is -2.35. The summed E-state index contributed by atoms with van der Waals surface area (Å²) < 4.78 is 0. The zero-order chi connectivity index (χ0) is 58.5. The van der Waals surface area contributed by atoms with Gasteiger partial charge in [0.25, 0.3) is 0 Å². The average Bonchev–Trinajstić information content (AvgIpc) is 3.32. The third kappa shape index (κ3) is 21.3. The summed E-state index contributed by atoms with van der Waals surface area (Å²) in [6.07, 6.45) is -0.935. The maximum absolute atomic E-state index is 14.2. The van der Waals surface area contributed by atoms with Gasteiger partial charge < -0.3 is 62.3 Å². The molecule has 0 aliphatic carbocycles. The van der Waals surface area contributed by atoms with E-state index in [9.17, 15) is 57.8 Å². The van der Waals surface area contributed by atoms with Crippen LogP contribution in [0.1, 0.15) is 142 Å². The summed E-state index contributed by atoms with van der Waals surface area (Å²) in [6, 6.07) is -9.13. The quantitative estimate of drug-likeness (QED) is 0.135. The number of likely N-dealkylation sites (N-methyl/N-ethyl adjacent to an activating group) is 3. The van der Waals surface area contributed by atoms with Gasteiger partial charge in [0, 0.05) is 60.0 Å². The molecule has 1 rings (SSSR count). The number of nitrogens with zero attached hydrogens (tertiary/aromatic N) is 3. The van der Waals surface area contributed by atoms with Gasteiger partial charge in [0.15, 0.2) is 0 Å². The van der Waals surface area contributed by atoms with Gasteiger partial charge in [-0.3, -0.25) is 52.7 Å². The second-order valence-electron chi connectivity index (χ2n) is 22.1. The molecule has 1 saturated heterocycles. The van der Waals surface area contributed by atoms with Gasteiger partial charge >= 0.3 is 0 Å². The minimum atomic E-state index is -1.51. The highest BCUT2D eigenvalue weighted by molar-refractivity contribution is 5.97. The molecule has 9 N–H and O–H groups in total. The lowest BCUT2D eigenvalue weighted by molar-refractivity contribution is -0.145. The number of hydrogen-bond donors (Lipinski definition) is 9. The van der Waals surface area contributed by atoms with E-state index < -0.39 is 137 Å². The highest BCUT2D eigenvalue weighted by Crippen LogP contribution is 2.20. The zero-order valence-electron chi connectivity index (χ0n) is 48.5. The second-order valence-corrected chi connectivity index (χ2v) is 22.1. The number of carbonyl (C=O) groups is 11. The van der Waals surface area contributed by atoms with Crippen molar-refractivity contribution in [1.29, 1.82) is 0 Å². The van der Waals surface area contributed by atoms with Crippen LogP contribution in [0.25, 0.3) is 0 Å². The molecule has 434 valence electrons. The van der Waals surface area contributed by atoms with E-state index >= 15 is 0 Å². The highest BCUT2D eigenvalue weighted by Gasteiger charge is 2.40. The Labute approximate surface area is 451 Å². The monoisotopic (exact) mass is 1080 g/mol. The van der Waals surface area contributed by atoms with Crippen molar-refractivity contribution in [3.05, 3.63) is 0 Å². The Morgan fingerprint density at radius 2 is 0.816 bits per heavy atom. The SMILES string of the molecule is CC[C@H](C)[C@H]1NC(=O)CCNC(=O)[C@H](C(C)C)N(C)C(=O)[C@@H](CC(C)C)NC(=O)CCNC(=O)[C@H]([C@@H](C)O)NC(=O)[C@@H]([C@@H](C)CC)N(C)C(=O)[C@@H](CC(C)C)NC(=O)CCNC(=O)[C@@H](C)NC(=O)[C@@H](C(C)C)N(C)C1=O. The molecule has 0 aromatic rings. The van der Waals surface area contributed by atoms with Gasteiger partial charge in [-0.25, -0.2) is 0 Å². The molecule has 0 aromatic heterocycles. The smallest absolute Gasteiger partial charge is 0.245 e. The molecule has 23 nitrogen and oxygen atoms in total. The molecule has 23 heteroatoms. The summed E-state index contributed by atoms with van der Waals surface area (Å²) in [7, 11) is 4.30. The van der Waals surface area contributed by atoms with Crippen molar-refractivity contribution < 1.29 is 57.8 Å². The first kappa shape index (κ1) is 68.1. The van der Waals surface area contributed by atoms with Crippen LogP contribution in [0.4, 0.5) is 0 Å². The number of nitrogens with one attached hydrogen (secondary N) is 8. The van der Waals surface area contributed by atoms with Gasteiger partial charge in [0.2, 0.25) is 65.0 Å². The van der Waals surface area contributed by atoms with E-state index in [1.807, 2.05) is 41.5 Å². The minimum absolute atomic E-state index is 0.0812. The van der Waals surface area contributed by atoms with E-state index in [-0.39, 0.29) is 69.5 Å². The molecule has 0 spiro atoms. The van der Waals surface area contributed by atoms with Crippen molar-refractivity contribution in [3.8, 4) is 0 Å². The van der Waals surface area contributed by atoms with E-state index in [1.165, 1.54) is 49.7 Å². The van der Waals surface area contributed by atoms with Crippen molar-refractivity contribution in [3.63, 3.8) is 0 Å². The Balaban J connectivity index is 3.73. The number of rotatable bonds is 11. The fourth-order valence-electron chi connectivity index (χ4n) is 9.13. The summed E-state index contributed by atoms with van der Waals surface area (Å²) in [5.41, 5.74) is 0. The number of aliphatic hydroxyl groups excluding tert-OH is 1. The number of hydrogen-bond acceptors (Lipinski definition) is 12. The first-order valence-electron chi connectivity index (χ1n) is 27.1. The zero-order valence-corrected chi connectivity index (χ0v) is 48.5. The number of aliphatic hydroxyl groups is 1. The Morgan fingerprint density at radius 1 is 0.447 bits per heavy atom. The fourth-order valence-corrected chi connectivity index (χ4v) is 9.13. The lowest BCUT2D eigenvalue weighted by Crippen LogP contribution is -2.61. The lowest BCUT2D eigenvalue weighted by atomic mass is 9.94. The van der Waals surface area contributed by atoms with E-state index in [0.29, 0.717) is 12.8 Å². The van der Waals surface area contributed by atoms with Gasteiger partial charge in [-0.15, -0.1) is 0 Å². The summed E-state index contributed by atoms with van der Waals surface area (Å²) in [5.74, 6) is -8.75. The molecule has 11 atom stereocenters. The molecule has 76 heavy (non-hydrogen) atoms. The maximum atomic E-state index is 14.2. The predicted molar refractivity (Wildman–Crippen MR) is 287 cm³/mol. The molecule has 0 bridgehead atoms. The van der Waals surface area contributed by atoms with Crippen LogP contribution >= 0.6 is 0 Å². The maximum Gasteiger partial charge on any atom is 0.245 e. The second kappa shape index (κ2) is 32.7. The highest BCUT2D eigenvalue weighted by atomic mass is 16.3. The van der Waals surface area contributed by atoms with Crippen LogP contribution in [0.3, 0.4) is 0 Å². The Kier molecular flexibility index (Phi) is 29.3. The van der Waals surface area contributed by atoms with Crippen molar-refractivity contribution in [1.82, 2.24) is 57.2 Å². The van der Waals surface area contributed by atoms with Crippen molar-refractivity contribution in [2.45, 2.75) is 196 Å². The molecule has 1 aliphatic heterocycles. The summed E-state index contributed by atoms with van der Waals surface area (Å²) in [5, 5.41) is 32.2. The van der Waals surface area contributed by atoms with Gasteiger partial charge in [-0.05, 0) is 62.2 Å². The van der Waals surface area contributed by atoms with Crippen molar-refractivity contribution >= 4 is 65.0 Å². The molecular formula is C53H95N11O12. The first-order chi connectivity index (χ1) is 35.3. The normalized spacial score (nSPS) is 26.8. The fraction of sp³-hybridized carbons (Fsp3) is 0.792. The topological polar surface area (TPSA) is 314 Å². The van der Waals surface area contributed by atoms with Crippen LogP contribution in [0.5, 0.6) is 0 Å². The Bertz CT molecular complexity index is 2000. The molecule has 0 saturated carbocycles. The van der Waals surface area contributed by atoms with Gasteiger partial charge in [-0.1, -0.05) is 95.9 Å². The van der Waals surface area contributed by atoms with Crippen molar-refractivity contribution in [2.24, 2.45) is 35.5 Å². The molecule has 11 amide bonds. The van der Waals surface area contributed by atoms with Crippen LogP contribution < -0.4 is 42.5 Å². The van der Waals surface area contributed by atoms with Crippen LogP contribution in [-0.2, 0) is 52.7 Å². The van der Waals surface area contributed by atoms with E-state index in [4.69, 9.17) is 0 Å².